The lowest BCUT2D eigenvalue weighted by Crippen LogP contribution is -2.43. The molecule has 17 heavy (non-hydrogen) atoms. The molecule has 2 atom stereocenters. The molecule has 1 fully saturated rings. The first-order valence-electron chi connectivity index (χ1n) is 7.95. The summed E-state index contributed by atoms with van der Waals surface area (Å²) in [5, 5.41) is 0. The molecule has 0 bridgehead atoms. The number of rotatable bonds is 8. The summed E-state index contributed by atoms with van der Waals surface area (Å²) in [6, 6.07) is 0. The predicted molar refractivity (Wildman–Crippen MR) is 77.2 cm³/mol. The average molecular weight is 239 g/mol. The van der Waals surface area contributed by atoms with Crippen LogP contribution in [-0.4, -0.2) is 5.54 Å². The maximum atomic E-state index is 6.51. The van der Waals surface area contributed by atoms with Gasteiger partial charge in [-0.2, -0.15) is 0 Å². The van der Waals surface area contributed by atoms with Crippen LogP contribution in [0.25, 0.3) is 0 Å². The molecule has 0 aromatic carbocycles. The van der Waals surface area contributed by atoms with Crippen molar-refractivity contribution in [2.24, 2.45) is 11.7 Å². The van der Waals surface area contributed by atoms with Crippen molar-refractivity contribution in [2.45, 2.75) is 96.4 Å². The standard InChI is InChI=1S/C16H33N/c1-3-4-5-6-7-8-9-12-16(17)13-10-11-15(2)14-16/h15H,3-14,17H2,1-2H3. The van der Waals surface area contributed by atoms with Crippen LogP contribution >= 0.6 is 0 Å². The van der Waals surface area contributed by atoms with Gasteiger partial charge in [0.2, 0.25) is 0 Å². The van der Waals surface area contributed by atoms with E-state index in [9.17, 15) is 0 Å². The van der Waals surface area contributed by atoms with E-state index in [1.54, 1.807) is 0 Å². The lowest BCUT2D eigenvalue weighted by atomic mass is 9.74. The molecule has 1 rings (SSSR count). The van der Waals surface area contributed by atoms with E-state index >= 15 is 0 Å². The van der Waals surface area contributed by atoms with Crippen molar-refractivity contribution in [1.29, 1.82) is 0 Å². The summed E-state index contributed by atoms with van der Waals surface area (Å²) in [6.07, 6.45) is 16.4. The van der Waals surface area contributed by atoms with Gasteiger partial charge in [0.25, 0.3) is 0 Å². The quantitative estimate of drug-likeness (QED) is 0.590. The summed E-state index contributed by atoms with van der Waals surface area (Å²) in [5.41, 5.74) is 6.71. The summed E-state index contributed by atoms with van der Waals surface area (Å²) in [4.78, 5) is 0. The minimum Gasteiger partial charge on any atom is -0.325 e. The number of unbranched alkanes of at least 4 members (excludes halogenated alkanes) is 6. The maximum absolute atomic E-state index is 6.51. The zero-order valence-corrected chi connectivity index (χ0v) is 12.1. The third-order valence-corrected chi connectivity index (χ3v) is 4.40. The van der Waals surface area contributed by atoms with Crippen LogP contribution in [0.2, 0.25) is 0 Å². The highest BCUT2D eigenvalue weighted by atomic mass is 14.7. The molecule has 102 valence electrons. The Balaban J connectivity index is 2.01. The van der Waals surface area contributed by atoms with Gasteiger partial charge in [-0.1, -0.05) is 71.6 Å². The molecule has 0 heterocycles. The summed E-state index contributed by atoms with van der Waals surface area (Å²) in [6.45, 7) is 4.65. The Morgan fingerprint density at radius 2 is 1.71 bits per heavy atom. The van der Waals surface area contributed by atoms with Gasteiger partial charge in [0.05, 0.1) is 0 Å². The van der Waals surface area contributed by atoms with E-state index in [4.69, 9.17) is 5.73 Å². The Bertz CT molecular complexity index is 190. The van der Waals surface area contributed by atoms with Crippen molar-refractivity contribution in [2.75, 3.05) is 0 Å². The summed E-state index contributed by atoms with van der Waals surface area (Å²) >= 11 is 0. The molecule has 0 aromatic rings. The number of hydrogen-bond donors (Lipinski definition) is 1. The van der Waals surface area contributed by atoms with Crippen molar-refractivity contribution in [3.8, 4) is 0 Å². The van der Waals surface area contributed by atoms with Gasteiger partial charge in [0.15, 0.2) is 0 Å². The SMILES string of the molecule is CCCCCCCCCC1(N)CCCC(C)C1. The van der Waals surface area contributed by atoms with Crippen LogP contribution in [0.5, 0.6) is 0 Å². The predicted octanol–water partition coefficient (Wildman–Crippen LogP) is 5.03. The topological polar surface area (TPSA) is 26.0 Å². The Morgan fingerprint density at radius 1 is 1.06 bits per heavy atom. The zero-order valence-electron chi connectivity index (χ0n) is 12.1. The van der Waals surface area contributed by atoms with Crippen molar-refractivity contribution in [3.63, 3.8) is 0 Å². The van der Waals surface area contributed by atoms with E-state index in [0.29, 0.717) is 0 Å². The first-order chi connectivity index (χ1) is 8.16. The Kier molecular flexibility index (Phi) is 7.18. The highest BCUT2D eigenvalue weighted by molar-refractivity contribution is 4.89. The second-order valence-electron chi connectivity index (χ2n) is 6.44. The normalized spacial score (nSPS) is 29.5. The van der Waals surface area contributed by atoms with Crippen molar-refractivity contribution < 1.29 is 0 Å². The van der Waals surface area contributed by atoms with E-state index in [0.717, 1.165) is 5.92 Å². The fourth-order valence-corrected chi connectivity index (χ4v) is 3.36. The highest BCUT2D eigenvalue weighted by Gasteiger charge is 2.29. The second kappa shape index (κ2) is 8.13. The first-order valence-corrected chi connectivity index (χ1v) is 7.95. The molecule has 0 aromatic heterocycles. The molecule has 1 nitrogen and oxygen atoms in total. The molecule has 1 saturated carbocycles. The van der Waals surface area contributed by atoms with E-state index in [2.05, 4.69) is 13.8 Å². The molecule has 1 aliphatic rings. The van der Waals surface area contributed by atoms with Crippen LogP contribution in [0, 0.1) is 5.92 Å². The van der Waals surface area contributed by atoms with Crippen molar-refractivity contribution in [1.82, 2.24) is 0 Å². The van der Waals surface area contributed by atoms with E-state index in [1.165, 1.54) is 77.0 Å². The number of hydrogen-bond acceptors (Lipinski definition) is 1. The van der Waals surface area contributed by atoms with Gasteiger partial charge in [-0.05, 0) is 25.2 Å². The van der Waals surface area contributed by atoms with Crippen LogP contribution in [0.1, 0.15) is 90.9 Å². The third kappa shape index (κ3) is 6.45. The molecule has 0 radical (unpaired) electrons. The molecule has 0 saturated heterocycles. The third-order valence-electron chi connectivity index (χ3n) is 4.40. The lowest BCUT2D eigenvalue weighted by Gasteiger charge is -2.37. The lowest BCUT2D eigenvalue weighted by molar-refractivity contribution is 0.218. The van der Waals surface area contributed by atoms with Gasteiger partial charge in [0, 0.05) is 5.54 Å². The first kappa shape index (κ1) is 15.0. The van der Waals surface area contributed by atoms with Crippen molar-refractivity contribution in [3.05, 3.63) is 0 Å². The molecule has 1 aliphatic carbocycles. The maximum Gasteiger partial charge on any atom is 0.0156 e. The Labute approximate surface area is 109 Å². The smallest absolute Gasteiger partial charge is 0.0156 e. The molecule has 1 heteroatoms. The molecule has 2 N–H and O–H groups in total. The largest absolute Gasteiger partial charge is 0.325 e. The Hall–Kier alpha value is -0.0400. The zero-order chi connectivity index (χ0) is 12.6. The van der Waals surface area contributed by atoms with E-state index in [-0.39, 0.29) is 5.54 Å². The summed E-state index contributed by atoms with van der Waals surface area (Å²) in [5.74, 6) is 0.860. The monoisotopic (exact) mass is 239 g/mol. The number of nitrogens with two attached hydrogens (primary N) is 1. The molecule has 0 amide bonds. The van der Waals surface area contributed by atoms with Crippen molar-refractivity contribution >= 4 is 0 Å². The molecule has 2 unspecified atom stereocenters. The van der Waals surface area contributed by atoms with Gasteiger partial charge < -0.3 is 5.73 Å². The van der Waals surface area contributed by atoms with Crippen LogP contribution in [0.15, 0.2) is 0 Å². The minimum atomic E-state index is 0.196. The van der Waals surface area contributed by atoms with Crippen LogP contribution < -0.4 is 5.73 Å². The van der Waals surface area contributed by atoms with Gasteiger partial charge in [-0.25, -0.2) is 0 Å². The molecular formula is C16H33N. The molecule has 0 aliphatic heterocycles. The van der Waals surface area contributed by atoms with Gasteiger partial charge in [-0.15, -0.1) is 0 Å². The summed E-state index contributed by atoms with van der Waals surface area (Å²) in [7, 11) is 0. The van der Waals surface area contributed by atoms with E-state index in [1.807, 2.05) is 0 Å². The molecular weight excluding hydrogens is 206 g/mol. The summed E-state index contributed by atoms with van der Waals surface area (Å²) < 4.78 is 0. The van der Waals surface area contributed by atoms with Crippen LogP contribution in [0.3, 0.4) is 0 Å². The fourth-order valence-electron chi connectivity index (χ4n) is 3.36. The van der Waals surface area contributed by atoms with E-state index < -0.39 is 0 Å². The average Bonchev–Trinajstić information content (AvgIpc) is 2.27. The molecule has 0 spiro atoms. The van der Waals surface area contributed by atoms with Gasteiger partial charge in [-0.3, -0.25) is 0 Å². The second-order valence-corrected chi connectivity index (χ2v) is 6.44. The van der Waals surface area contributed by atoms with Crippen LogP contribution in [0.4, 0.5) is 0 Å². The fraction of sp³-hybridized carbons (Fsp3) is 1.00. The van der Waals surface area contributed by atoms with Crippen LogP contribution in [-0.2, 0) is 0 Å². The Morgan fingerprint density at radius 3 is 2.35 bits per heavy atom. The van der Waals surface area contributed by atoms with Gasteiger partial charge in [0.1, 0.15) is 0 Å². The highest BCUT2D eigenvalue weighted by Crippen LogP contribution is 2.33. The minimum absolute atomic E-state index is 0.196. The van der Waals surface area contributed by atoms with Gasteiger partial charge >= 0.3 is 0 Å².